The van der Waals surface area contributed by atoms with Crippen LogP contribution in [0.15, 0.2) is 22.4 Å². The zero-order valence-electron chi connectivity index (χ0n) is 6.58. The third kappa shape index (κ3) is 1.70. The summed E-state index contributed by atoms with van der Waals surface area (Å²) in [4.78, 5) is 18.9. The summed E-state index contributed by atoms with van der Waals surface area (Å²) in [5.41, 5.74) is 0. The molecule has 0 saturated carbocycles. The summed E-state index contributed by atoms with van der Waals surface area (Å²) in [7, 11) is -5.67. The Hall–Kier alpha value is -1.48. The number of halogens is 3. The summed E-state index contributed by atoms with van der Waals surface area (Å²) in [6.45, 7) is 0. The van der Waals surface area contributed by atoms with Gasteiger partial charge < -0.3 is 4.55 Å². The van der Waals surface area contributed by atoms with Crippen molar-refractivity contribution in [1.29, 1.82) is 0 Å². The van der Waals surface area contributed by atoms with Gasteiger partial charge in [0.05, 0.1) is 0 Å². The lowest BCUT2D eigenvalue weighted by Crippen LogP contribution is -2.24. The van der Waals surface area contributed by atoms with Crippen molar-refractivity contribution in [3.63, 3.8) is 0 Å². The van der Waals surface area contributed by atoms with Crippen LogP contribution in [0.25, 0.3) is 0 Å². The van der Waals surface area contributed by atoms with Gasteiger partial charge >= 0.3 is 0 Å². The van der Waals surface area contributed by atoms with Crippen LogP contribution in [-0.4, -0.2) is 24.5 Å². The number of Topliss-reactive ketones (excluding diaryl/α,β-unsaturated/α-hetero) is 2. The van der Waals surface area contributed by atoms with E-state index in [1.807, 2.05) is 0 Å². The van der Waals surface area contributed by atoms with Crippen molar-refractivity contribution in [3.05, 3.63) is 22.4 Å². The lowest BCUT2D eigenvalue weighted by atomic mass is 10.1. The quantitative estimate of drug-likeness (QED) is 0.476. The number of carbonyl (C=O) groups is 2. The van der Waals surface area contributed by atoms with Gasteiger partial charge in [-0.25, -0.2) is 12.8 Å². The molecule has 0 heterocycles. The second-order valence-electron chi connectivity index (χ2n) is 2.38. The largest absolute Gasteiger partial charge is 0.744 e. The number of rotatable bonds is 1. The molecular weight excluding hydrogens is 241 g/mol. The second kappa shape index (κ2) is 3.28. The summed E-state index contributed by atoms with van der Waals surface area (Å²) in [5, 5.41) is 0. The molecule has 15 heavy (non-hydrogen) atoms. The fraction of sp³-hybridized carbons (Fsp3) is 0. The van der Waals surface area contributed by atoms with E-state index >= 15 is 0 Å². The molecule has 1 aliphatic carbocycles. The van der Waals surface area contributed by atoms with Crippen LogP contribution in [0.4, 0.5) is 13.2 Å². The van der Waals surface area contributed by atoms with E-state index in [9.17, 15) is 35.7 Å². The molecule has 82 valence electrons. The lowest BCUT2D eigenvalue weighted by Gasteiger charge is -2.14. The minimum Gasteiger partial charge on any atom is -0.744 e. The van der Waals surface area contributed by atoms with Gasteiger partial charge in [-0.05, 0) is 0 Å². The molecule has 0 atom stereocenters. The van der Waals surface area contributed by atoms with Crippen molar-refractivity contribution in [2.24, 2.45) is 0 Å². The molecule has 0 radical (unpaired) electrons. The summed E-state index contributed by atoms with van der Waals surface area (Å²) in [5.74, 6) is -11.7. The van der Waals surface area contributed by atoms with Gasteiger partial charge in [0.1, 0.15) is 15.0 Å². The van der Waals surface area contributed by atoms with E-state index < -0.39 is 44.1 Å². The predicted molar refractivity (Wildman–Crippen MR) is 37.1 cm³/mol. The predicted octanol–water partition coefficient (Wildman–Crippen LogP) is 0.0151. The van der Waals surface area contributed by atoms with Gasteiger partial charge in [-0.3, -0.25) is 9.59 Å². The van der Waals surface area contributed by atoms with Crippen LogP contribution >= 0.6 is 0 Å². The van der Waals surface area contributed by atoms with Gasteiger partial charge in [0.2, 0.25) is 17.4 Å². The molecule has 0 amide bonds. The average molecular weight is 241 g/mol. The Labute approximate surface area is 80.6 Å². The minimum absolute atomic E-state index is 2.20. The number of ketones is 2. The van der Waals surface area contributed by atoms with Gasteiger partial charge in [-0.1, -0.05) is 0 Å². The highest BCUT2D eigenvalue weighted by Crippen LogP contribution is 2.29. The highest BCUT2D eigenvalue weighted by Gasteiger charge is 2.39. The fourth-order valence-electron chi connectivity index (χ4n) is 0.821. The Morgan fingerprint density at radius 2 is 1.27 bits per heavy atom. The van der Waals surface area contributed by atoms with Crippen molar-refractivity contribution < 1.29 is 35.7 Å². The zero-order chi connectivity index (χ0) is 12.0. The van der Waals surface area contributed by atoms with Crippen LogP contribution in [0.1, 0.15) is 0 Å². The van der Waals surface area contributed by atoms with Gasteiger partial charge in [-0.2, -0.15) is 8.78 Å². The molecule has 0 fully saturated rings. The molecule has 0 aromatic carbocycles. The van der Waals surface area contributed by atoms with Crippen LogP contribution in [0.5, 0.6) is 0 Å². The van der Waals surface area contributed by atoms with Gasteiger partial charge in [0, 0.05) is 0 Å². The molecule has 5 nitrogen and oxygen atoms in total. The number of hydrogen-bond donors (Lipinski definition) is 0. The maximum absolute atomic E-state index is 12.7. The molecule has 9 heteroatoms. The molecule has 1 aliphatic rings. The third-order valence-corrected chi connectivity index (χ3v) is 2.31. The van der Waals surface area contributed by atoms with Crippen molar-refractivity contribution in [3.8, 4) is 0 Å². The first-order valence-electron chi connectivity index (χ1n) is 3.18. The Morgan fingerprint density at radius 1 is 0.867 bits per heavy atom. The van der Waals surface area contributed by atoms with Crippen LogP contribution < -0.4 is 0 Å². The first kappa shape index (κ1) is 11.6. The Morgan fingerprint density at radius 3 is 1.67 bits per heavy atom. The SMILES string of the molecule is O=C1C(F)=C(F)C(=O)C(S(=O)(=O)[O-])=C1F. The Bertz CT molecular complexity index is 527. The normalized spacial score (nSPS) is 18.9. The summed E-state index contributed by atoms with van der Waals surface area (Å²) < 4.78 is 68.4. The summed E-state index contributed by atoms with van der Waals surface area (Å²) in [6.07, 6.45) is 0. The molecule has 0 saturated heterocycles. The monoisotopic (exact) mass is 241 g/mol. The van der Waals surface area contributed by atoms with Crippen molar-refractivity contribution in [2.75, 3.05) is 0 Å². The van der Waals surface area contributed by atoms with E-state index in [1.54, 1.807) is 0 Å². The molecule has 0 bridgehead atoms. The van der Waals surface area contributed by atoms with Crippen LogP contribution in [-0.2, 0) is 19.7 Å². The molecule has 0 spiro atoms. The van der Waals surface area contributed by atoms with E-state index in [4.69, 9.17) is 0 Å². The van der Waals surface area contributed by atoms with E-state index in [0.717, 1.165) is 0 Å². The summed E-state index contributed by atoms with van der Waals surface area (Å²) >= 11 is 0. The zero-order valence-corrected chi connectivity index (χ0v) is 7.40. The molecular formula is C6F3O5S-. The first-order chi connectivity index (χ1) is 6.68. The van der Waals surface area contributed by atoms with Crippen LogP contribution in [0, 0.1) is 0 Å². The topological polar surface area (TPSA) is 91.3 Å². The maximum atomic E-state index is 12.7. The number of carbonyl (C=O) groups excluding carboxylic acids is 2. The molecule has 0 aromatic rings. The van der Waals surface area contributed by atoms with E-state index in [-0.39, 0.29) is 0 Å². The van der Waals surface area contributed by atoms with Crippen molar-refractivity contribution in [2.45, 2.75) is 0 Å². The summed E-state index contributed by atoms with van der Waals surface area (Å²) in [6, 6.07) is 0. The molecule has 0 aliphatic heterocycles. The van der Waals surface area contributed by atoms with Gasteiger partial charge in [-0.15, -0.1) is 0 Å². The fourth-order valence-corrected chi connectivity index (χ4v) is 1.45. The lowest BCUT2D eigenvalue weighted by molar-refractivity contribution is -0.119. The highest BCUT2D eigenvalue weighted by atomic mass is 32.2. The number of hydrogen-bond acceptors (Lipinski definition) is 5. The molecule has 0 unspecified atom stereocenters. The Balaban J connectivity index is 3.57. The average Bonchev–Trinajstić information content (AvgIpc) is 2.09. The van der Waals surface area contributed by atoms with Crippen LogP contribution in [0.3, 0.4) is 0 Å². The Kier molecular flexibility index (Phi) is 2.53. The van der Waals surface area contributed by atoms with E-state index in [0.29, 0.717) is 0 Å². The third-order valence-electron chi connectivity index (χ3n) is 1.45. The smallest absolute Gasteiger partial charge is 0.254 e. The maximum Gasteiger partial charge on any atom is 0.254 e. The minimum atomic E-state index is -5.67. The molecule has 0 aromatic heterocycles. The standard InChI is InChI=1S/C6HF3O5S/c7-1-2(8)5(11)6(15(12,13)14)3(9)4(1)10/h(H,12,13,14)/p-1. The number of allylic oxidation sites excluding steroid dienone is 4. The van der Waals surface area contributed by atoms with E-state index in [1.165, 1.54) is 0 Å². The first-order valence-corrected chi connectivity index (χ1v) is 4.59. The molecule has 0 N–H and O–H groups in total. The van der Waals surface area contributed by atoms with E-state index in [2.05, 4.69) is 0 Å². The van der Waals surface area contributed by atoms with Crippen molar-refractivity contribution in [1.82, 2.24) is 0 Å². The van der Waals surface area contributed by atoms with Gasteiger partial charge in [0.25, 0.3) is 5.78 Å². The van der Waals surface area contributed by atoms with Gasteiger partial charge in [0.15, 0.2) is 5.83 Å². The highest BCUT2D eigenvalue weighted by molar-refractivity contribution is 7.90. The molecule has 1 rings (SSSR count). The van der Waals surface area contributed by atoms with Crippen LogP contribution in [0.2, 0.25) is 0 Å². The van der Waals surface area contributed by atoms with Crippen molar-refractivity contribution >= 4 is 21.7 Å². The second-order valence-corrected chi connectivity index (χ2v) is 3.70.